The van der Waals surface area contributed by atoms with E-state index in [4.69, 9.17) is 14.4 Å². The number of aliphatic hydroxyl groups excluding tert-OH is 1. The molecule has 1 heterocycles. The molecular weight excluding hydrogens is 208 g/mol. The highest BCUT2D eigenvalue weighted by Gasteiger charge is 2.39. The van der Waals surface area contributed by atoms with Crippen LogP contribution in [0, 0.1) is 0 Å². The van der Waals surface area contributed by atoms with Crippen LogP contribution >= 0.6 is 0 Å². The Morgan fingerprint density at radius 3 is 2.69 bits per heavy atom. The van der Waals surface area contributed by atoms with Gasteiger partial charge in [0.1, 0.15) is 12.2 Å². The third kappa shape index (κ3) is 2.10. The van der Waals surface area contributed by atoms with Gasteiger partial charge in [0.25, 0.3) is 5.89 Å². The molecule has 16 heavy (non-hydrogen) atoms. The Labute approximate surface area is 94.8 Å². The maximum atomic E-state index is 8.93. The minimum absolute atomic E-state index is 0.213. The molecule has 1 N–H and O–H groups in total. The fraction of sp³-hybridized carbons (Fsp3) is 0.818. The van der Waals surface area contributed by atoms with Gasteiger partial charge in [0, 0.05) is 6.61 Å². The lowest BCUT2D eigenvalue weighted by molar-refractivity contribution is -0.0777. The van der Waals surface area contributed by atoms with Gasteiger partial charge in [-0.05, 0) is 19.8 Å². The number of aromatic nitrogens is 2. The molecule has 0 spiro atoms. The summed E-state index contributed by atoms with van der Waals surface area (Å²) in [6, 6.07) is 0. The van der Waals surface area contributed by atoms with Gasteiger partial charge in [-0.15, -0.1) is 0 Å². The average Bonchev–Trinajstić information content (AvgIpc) is 2.80. The second kappa shape index (κ2) is 4.93. The van der Waals surface area contributed by atoms with E-state index in [1.807, 2.05) is 6.92 Å². The Morgan fingerprint density at radius 2 is 2.12 bits per heavy atom. The van der Waals surface area contributed by atoms with Crippen molar-refractivity contribution in [3.8, 4) is 0 Å². The average molecular weight is 226 g/mol. The first-order valence-corrected chi connectivity index (χ1v) is 5.88. The number of hydrogen-bond donors (Lipinski definition) is 1. The quantitative estimate of drug-likeness (QED) is 0.847. The summed E-state index contributed by atoms with van der Waals surface area (Å²) < 4.78 is 10.8. The molecule has 5 heteroatoms. The first kappa shape index (κ1) is 11.5. The minimum Gasteiger partial charge on any atom is -0.387 e. The van der Waals surface area contributed by atoms with Crippen molar-refractivity contribution in [2.75, 3.05) is 6.61 Å². The second-order valence-corrected chi connectivity index (χ2v) is 4.16. The Morgan fingerprint density at radius 1 is 1.38 bits per heavy atom. The second-order valence-electron chi connectivity index (χ2n) is 4.16. The van der Waals surface area contributed by atoms with Crippen LogP contribution in [0.25, 0.3) is 0 Å². The van der Waals surface area contributed by atoms with Gasteiger partial charge < -0.3 is 14.4 Å². The summed E-state index contributed by atoms with van der Waals surface area (Å²) in [5.74, 6) is 0.859. The van der Waals surface area contributed by atoms with Crippen molar-refractivity contribution >= 4 is 0 Å². The van der Waals surface area contributed by atoms with Crippen molar-refractivity contribution in [1.29, 1.82) is 0 Å². The molecular formula is C11H18N2O3. The van der Waals surface area contributed by atoms with Crippen molar-refractivity contribution in [1.82, 2.24) is 10.1 Å². The van der Waals surface area contributed by atoms with E-state index in [0.717, 1.165) is 25.7 Å². The van der Waals surface area contributed by atoms with E-state index in [2.05, 4.69) is 10.1 Å². The third-order valence-electron chi connectivity index (χ3n) is 3.09. The lowest BCUT2D eigenvalue weighted by Gasteiger charge is -2.33. The molecule has 0 amide bonds. The van der Waals surface area contributed by atoms with Crippen molar-refractivity contribution in [3.63, 3.8) is 0 Å². The largest absolute Gasteiger partial charge is 0.387 e. The van der Waals surface area contributed by atoms with Crippen molar-refractivity contribution in [2.24, 2.45) is 0 Å². The van der Waals surface area contributed by atoms with Crippen LogP contribution in [0.15, 0.2) is 4.52 Å². The summed E-state index contributed by atoms with van der Waals surface area (Å²) in [6.07, 6.45) is 5.36. The van der Waals surface area contributed by atoms with Crippen LogP contribution in [0.1, 0.15) is 50.7 Å². The molecule has 1 aliphatic carbocycles. The lowest BCUT2D eigenvalue weighted by Crippen LogP contribution is -2.33. The van der Waals surface area contributed by atoms with Crippen LogP contribution in [-0.2, 0) is 16.9 Å². The minimum atomic E-state index is -0.385. The SMILES string of the molecule is CCOC1(c2noc(CO)n2)CCCCC1. The summed E-state index contributed by atoms with van der Waals surface area (Å²) in [5.41, 5.74) is -0.385. The summed E-state index contributed by atoms with van der Waals surface area (Å²) in [5, 5.41) is 12.9. The van der Waals surface area contributed by atoms with Crippen LogP contribution < -0.4 is 0 Å². The molecule has 0 atom stereocenters. The van der Waals surface area contributed by atoms with Gasteiger partial charge in [-0.1, -0.05) is 24.4 Å². The van der Waals surface area contributed by atoms with Gasteiger partial charge in [-0.3, -0.25) is 0 Å². The van der Waals surface area contributed by atoms with Crippen molar-refractivity contribution < 1.29 is 14.4 Å². The molecule has 90 valence electrons. The molecule has 0 radical (unpaired) electrons. The summed E-state index contributed by atoms with van der Waals surface area (Å²) >= 11 is 0. The highest BCUT2D eigenvalue weighted by molar-refractivity contribution is 5.03. The number of rotatable bonds is 4. The zero-order valence-electron chi connectivity index (χ0n) is 9.61. The zero-order chi connectivity index (χ0) is 11.4. The van der Waals surface area contributed by atoms with E-state index in [1.165, 1.54) is 6.42 Å². The van der Waals surface area contributed by atoms with Gasteiger partial charge in [0.05, 0.1) is 0 Å². The summed E-state index contributed by atoms with van der Waals surface area (Å²) in [4.78, 5) is 4.19. The molecule has 0 aliphatic heterocycles. The Hall–Kier alpha value is -0.940. The first-order valence-electron chi connectivity index (χ1n) is 5.88. The van der Waals surface area contributed by atoms with Crippen LogP contribution in [-0.4, -0.2) is 21.9 Å². The molecule has 0 unspecified atom stereocenters. The lowest BCUT2D eigenvalue weighted by atomic mass is 9.84. The molecule has 0 saturated heterocycles. The highest BCUT2D eigenvalue weighted by Crippen LogP contribution is 2.38. The van der Waals surface area contributed by atoms with E-state index >= 15 is 0 Å². The molecule has 1 aromatic rings. The van der Waals surface area contributed by atoms with E-state index in [9.17, 15) is 0 Å². The van der Waals surface area contributed by atoms with Gasteiger partial charge >= 0.3 is 0 Å². The third-order valence-corrected chi connectivity index (χ3v) is 3.09. The number of nitrogens with zero attached hydrogens (tertiary/aromatic N) is 2. The predicted molar refractivity (Wildman–Crippen MR) is 56.6 cm³/mol. The predicted octanol–water partition coefficient (Wildman–Crippen LogP) is 1.76. The van der Waals surface area contributed by atoms with Crippen LogP contribution in [0.5, 0.6) is 0 Å². The van der Waals surface area contributed by atoms with E-state index in [0.29, 0.717) is 12.4 Å². The molecule has 1 saturated carbocycles. The molecule has 1 fully saturated rings. The Balaban J connectivity index is 2.23. The smallest absolute Gasteiger partial charge is 0.252 e. The maximum Gasteiger partial charge on any atom is 0.252 e. The van der Waals surface area contributed by atoms with E-state index in [1.54, 1.807) is 0 Å². The zero-order valence-corrected chi connectivity index (χ0v) is 9.61. The molecule has 2 rings (SSSR count). The van der Waals surface area contributed by atoms with E-state index < -0.39 is 0 Å². The van der Waals surface area contributed by atoms with Gasteiger partial charge in [0.15, 0.2) is 0 Å². The number of aliphatic hydroxyl groups is 1. The van der Waals surface area contributed by atoms with Crippen LogP contribution in [0.3, 0.4) is 0 Å². The molecule has 5 nitrogen and oxygen atoms in total. The Kier molecular flexibility index (Phi) is 3.56. The monoisotopic (exact) mass is 226 g/mol. The molecule has 1 aliphatic rings. The van der Waals surface area contributed by atoms with E-state index in [-0.39, 0.29) is 18.1 Å². The molecule has 1 aromatic heterocycles. The van der Waals surface area contributed by atoms with Crippen LogP contribution in [0.4, 0.5) is 0 Å². The van der Waals surface area contributed by atoms with Crippen molar-refractivity contribution in [3.05, 3.63) is 11.7 Å². The van der Waals surface area contributed by atoms with Crippen LogP contribution in [0.2, 0.25) is 0 Å². The number of hydrogen-bond acceptors (Lipinski definition) is 5. The topological polar surface area (TPSA) is 68.4 Å². The summed E-state index contributed by atoms with van der Waals surface area (Å²) in [6.45, 7) is 2.40. The molecule has 0 aromatic carbocycles. The normalized spacial score (nSPS) is 19.9. The standard InChI is InChI=1S/C11H18N2O3/c1-2-15-11(6-4-3-5-7-11)10-12-9(8-14)16-13-10/h14H,2-8H2,1H3. The maximum absolute atomic E-state index is 8.93. The van der Waals surface area contributed by atoms with Crippen molar-refractivity contribution in [2.45, 2.75) is 51.2 Å². The first-order chi connectivity index (χ1) is 7.80. The highest BCUT2D eigenvalue weighted by atomic mass is 16.5. The van der Waals surface area contributed by atoms with Gasteiger partial charge in [-0.25, -0.2) is 0 Å². The molecule has 0 bridgehead atoms. The summed E-state index contributed by atoms with van der Waals surface area (Å²) in [7, 11) is 0. The fourth-order valence-corrected chi connectivity index (χ4v) is 2.34. The fourth-order valence-electron chi connectivity index (χ4n) is 2.34. The van der Waals surface area contributed by atoms with Gasteiger partial charge in [-0.2, -0.15) is 4.98 Å². The number of ether oxygens (including phenoxy) is 1. The Bertz CT molecular complexity index is 326. The van der Waals surface area contributed by atoms with Gasteiger partial charge in [0.2, 0.25) is 5.82 Å².